The summed E-state index contributed by atoms with van der Waals surface area (Å²) in [5.41, 5.74) is 1.12. The normalized spacial score (nSPS) is 13.4. The standard InChI is InChI=1S/C13H17F4N/c1-9-5-3-7-11(14)12(9)18-10(2)6-4-8-13(15,16)17/h3,5,7,10,18H,4,6,8H2,1-2H3. The Balaban J connectivity index is 2.47. The maximum atomic E-state index is 13.5. The highest BCUT2D eigenvalue weighted by molar-refractivity contribution is 5.52. The van der Waals surface area contributed by atoms with Gasteiger partial charge in [-0.15, -0.1) is 0 Å². The van der Waals surface area contributed by atoms with Gasteiger partial charge in [-0.3, -0.25) is 0 Å². The molecule has 1 unspecified atom stereocenters. The van der Waals surface area contributed by atoms with Crippen molar-refractivity contribution in [2.24, 2.45) is 0 Å². The van der Waals surface area contributed by atoms with Crippen LogP contribution in [0.4, 0.5) is 23.2 Å². The zero-order valence-corrected chi connectivity index (χ0v) is 10.4. The predicted molar refractivity (Wildman–Crippen MR) is 64.1 cm³/mol. The van der Waals surface area contributed by atoms with E-state index in [1.54, 1.807) is 26.0 Å². The van der Waals surface area contributed by atoms with Crippen LogP contribution >= 0.6 is 0 Å². The molecule has 1 nitrogen and oxygen atoms in total. The molecule has 0 radical (unpaired) electrons. The molecule has 5 heteroatoms. The van der Waals surface area contributed by atoms with Gasteiger partial charge >= 0.3 is 6.18 Å². The lowest BCUT2D eigenvalue weighted by Gasteiger charge is -2.18. The molecule has 0 aliphatic carbocycles. The first-order valence-corrected chi connectivity index (χ1v) is 5.88. The quantitative estimate of drug-likeness (QED) is 0.761. The van der Waals surface area contributed by atoms with Crippen molar-refractivity contribution in [3.8, 4) is 0 Å². The van der Waals surface area contributed by atoms with Crippen LogP contribution in [0.3, 0.4) is 0 Å². The molecule has 0 aromatic heterocycles. The van der Waals surface area contributed by atoms with Gasteiger partial charge in [0, 0.05) is 12.5 Å². The summed E-state index contributed by atoms with van der Waals surface area (Å²) >= 11 is 0. The molecular formula is C13H17F4N. The van der Waals surface area contributed by atoms with E-state index in [2.05, 4.69) is 5.32 Å². The van der Waals surface area contributed by atoms with E-state index >= 15 is 0 Å². The number of rotatable bonds is 5. The molecule has 0 aliphatic heterocycles. The van der Waals surface area contributed by atoms with Crippen LogP contribution < -0.4 is 5.32 Å². The van der Waals surface area contributed by atoms with Crippen molar-refractivity contribution >= 4 is 5.69 Å². The molecule has 102 valence electrons. The largest absolute Gasteiger partial charge is 0.389 e. The lowest BCUT2D eigenvalue weighted by molar-refractivity contribution is -0.135. The van der Waals surface area contributed by atoms with Gasteiger partial charge in [0.1, 0.15) is 5.82 Å². The predicted octanol–water partition coefficient (Wildman–Crippen LogP) is 4.67. The van der Waals surface area contributed by atoms with Crippen LogP contribution in [0.25, 0.3) is 0 Å². The molecule has 0 saturated carbocycles. The summed E-state index contributed by atoms with van der Waals surface area (Å²) in [7, 11) is 0. The molecular weight excluding hydrogens is 246 g/mol. The molecule has 1 aromatic rings. The van der Waals surface area contributed by atoms with Crippen molar-refractivity contribution in [3.63, 3.8) is 0 Å². The first kappa shape index (κ1) is 14.8. The molecule has 1 aromatic carbocycles. The third kappa shape index (κ3) is 4.94. The van der Waals surface area contributed by atoms with Gasteiger partial charge in [0.05, 0.1) is 5.69 Å². The summed E-state index contributed by atoms with van der Waals surface area (Å²) in [6.45, 7) is 3.51. The fourth-order valence-electron chi connectivity index (χ4n) is 1.74. The average Bonchev–Trinajstić information content (AvgIpc) is 2.22. The zero-order valence-electron chi connectivity index (χ0n) is 10.4. The van der Waals surface area contributed by atoms with Crippen molar-refractivity contribution < 1.29 is 17.6 Å². The summed E-state index contributed by atoms with van der Waals surface area (Å²) < 4.78 is 49.4. The highest BCUT2D eigenvalue weighted by Crippen LogP contribution is 2.24. The van der Waals surface area contributed by atoms with E-state index in [0.29, 0.717) is 12.1 Å². The third-order valence-corrected chi connectivity index (χ3v) is 2.71. The van der Waals surface area contributed by atoms with Crippen LogP contribution in [-0.2, 0) is 0 Å². The lowest BCUT2D eigenvalue weighted by Crippen LogP contribution is -2.18. The van der Waals surface area contributed by atoms with Crippen molar-refractivity contribution in [2.75, 3.05) is 5.32 Å². The maximum absolute atomic E-state index is 13.5. The molecule has 0 fully saturated rings. The third-order valence-electron chi connectivity index (χ3n) is 2.71. The number of para-hydroxylation sites is 1. The Labute approximate surface area is 104 Å². The number of halogens is 4. The minimum absolute atomic E-state index is 0.0468. The maximum Gasteiger partial charge on any atom is 0.389 e. The van der Waals surface area contributed by atoms with Crippen LogP contribution in [0.15, 0.2) is 18.2 Å². The lowest BCUT2D eigenvalue weighted by atomic mass is 10.1. The number of hydrogen-bond acceptors (Lipinski definition) is 1. The van der Waals surface area contributed by atoms with Crippen LogP contribution in [0.5, 0.6) is 0 Å². The number of nitrogens with one attached hydrogen (secondary N) is 1. The number of hydrogen-bond donors (Lipinski definition) is 1. The molecule has 0 bridgehead atoms. The fraction of sp³-hybridized carbons (Fsp3) is 0.538. The van der Waals surface area contributed by atoms with Crippen molar-refractivity contribution in [1.82, 2.24) is 0 Å². The topological polar surface area (TPSA) is 12.0 Å². The number of benzene rings is 1. The smallest absolute Gasteiger partial charge is 0.380 e. The molecule has 0 amide bonds. The molecule has 0 spiro atoms. The molecule has 1 N–H and O–H groups in total. The highest BCUT2D eigenvalue weighted by Gasteiger charge is 2.26. The van der Waals surface area contributed by atoms with Crippen molar-refractivity contribution in [2.45, 2.75) is 45.3 Å². The van der Waals surface area contributed by atoms with Crippen LogP contribution in [0, 0.1) is 12.7 Å². The van der Waals surface area contributed by atoms with E-state index in [4.69, 9.17) is 0 Å². The summed E-state index contributed by atoms with van der Waals surface area (Å²) in [5.74, 6) is -0.377. The van der Waals surface area contributed by atoms with E-state index < -0.39 is 12.6 Å². The van der Waals surface area contributed by atoms with Crippen LogP contribution in [0.2, 0.25) is 0 Å². The van der Waals surface area contributed by atoms with Crippen molar-refractivity contribution in [1.29, 1.82) is 0 Å². The van der Waals surface area contributed by atoms with E-state index in [1.165, 1.54) is 6.07 Å². The second-order valence-corrected chi connectivity index (χ2v) is 4.48. The zero-order chi connectivity index (χ0) is 13.8. The summed E-state index contributed by atoms with van der Waals surface area (Å²) in [6, 6.07) is 4.50. The summed E-state index contributed by atoms with van der Waals surface area (Å²) in [4.78, 5) is 0. The summed E-state index contributed by atoms with van der Waals surface area (Å²) in [6.07, 6.45) is -4.51. The minimum atomic E-state index is -4.12. The second-order valence-electron chi connectivity index (χ2n) is 4.48. The second kappa shape index (κ2) is 6.07. The molecule has 18 heavy (non-hydrogen) atoms. The fourth-order valence-corrected chi connectivity index (χ4v) is 1.74. The highest BCUT2D eigenvalue weighted by atomic mass is 19.4. The Kier molecular flexibility index (Phi) is 4.99. The van der Waals surface area contributed by atoms with E-state index in [1.807, 2.05) is 0 Å². The Bertz CT molecular complexity index is 367. The van der Waals surface area contributed by atoms with Gasteiger partial charge in [0.2, 0.25) is 0 Å². The molecule has 1 rings (SSSR count). The van der Waals surface area contributed by atoms with Gasteiger partial charge < -0.3 is 5.32 Å². The Morgan fingerprint density at radius 3 is 2.50 bits per heavy atom. The Morgan fingerprint density at radius 1 is 1.28 bits per heavy atom. The van der Waals surface area contributed by atoms with Crippen molar-refractivity contribution in [3.05, 3.63) is 29.6 Å². The van der Waals surface area contributed by atoms with Gasteiger partial charge in [0.25, 0.3) is 0 Å². The van der Waals surface area contributed by atoms with Crippen LogP contribution in [0.1, 0.15) is 31.7 Å². The SMILES string of the molecule is Cc1cccc(F)c1NC(C)CCCC(F)(F)F. The first-order valence-electron chi connectivity index (χ1n) is 5.88. The van der Waals surface area contributed by atoms with Gasteiger partial charge in [-0.1, -0.05) is 12.1 Å². The van der Waals surface area contributed by atoms with Crippen LogP contribution in [-0.4, -0.2) is 12.2 Å². The summed E-state index contributed by atoms with van der Waals surface area (Å²) in [5, 5.41) is 2.92. The Hall–Kier alpha value is -1.26. The number of alkyl halides is 3. The Morgan fingerprint density at radius 2 is 1.94 bits per heavy atom. The number of anilines is 1. The minimum Gasteiger partial charge on any atom is -0.380 e. The van der Waals surface area contributed by atoms with Gasteiger partial charge in [-0.2, -0.15) is 13.2 Å². The number of aryl methyl sites for hydroxylation is 1. The van der Waals surface area contributed by atoms with Gasteiger partial charge in [-0.05, 0) is 38.3 Å². The molecule has 1 atom stereocenters. The van der Waals surface area contributed by atoms with Gasteiger partial charge in [0.15, 0.2) is 0 Å². The first-order chi connectivity index (χ1) is 8.29. The monoisotopic (exact) mass is 263 g/mol. The molecule has 0 heterocycles. The van der Waals surface area contributed by atoms with E-state index in [9.17, 15) is 17.6 Å². The molecule has 0 aliphatic rings. The van der Waals surface area contributed by atoms with E-state index in [0.717, 1.165) is 5.56 Å². The molecule has 0 saturated heterocycles. The van der Waals surface area contributed by atoms with E-state index in [-0.39, 0.29) is 18.3 Å². The van der Waals surface area contributed by atoms with Gasteiger partial charge in [-0.25, -0.2) is 4.39 Å². The average molecular weight is 263 g/mol.